The summed E-state index contributed by atoms with van der Waals surface area (Å²) in [5.74, 6) is 1.23. The lowest BCUT2D eigenvalue weighted by Gasteiger charge is -2.14. The molecule has 0 saturated carbocycles. The molecular weight excluding hydrogens is 304 g/mol. The highest BCUT2D eigenvalue weighted by Crippen LogP contribution is 2.20. The number of nitrogens with one attached hydrogen (secondary N) is 2. The number of carbonyl (C=O) groups excluding carboxylic acids is 1. The maximum atomic E-state index is 12.5. The molecule has 1 unspecified atom stereocenters. The van der Waals surface area contributed by atoms with Gasteiger partial charge in [-0.2, -0.15) is 10.2 Å². The number of aromatic amines is 1. The van der Waals surface area contributed by atoms with Crippen molar-refractivity contribution < 1.29 is 4.79 Å². The molecule has 24 heavy (non-hydrogen) atoms. The Balaban J connectivity index is 1.78. The van der Waals surface area contributed by atoms with Crippen LogP contribution in [0.15, 0.2) is 30.3 Å². The minimum absolute atomic E-state index is 0.121. The summed E-state index contributed by atoms with van der Waals surface area (Å²) < 4.78 is 1.73. The van der Waals surface area contributed by atoms with Crippen LogP contribution in [0.4, 0.5) is 5.69 Å². The van der Waals surface area contributed by atoms with Gasteiger partial charge >= 0.3 is 0 Å². The molecule has 0 aliphatic heterocycles. The van der Waals surface area contributed by atoms with Crippen LogP contribution in [0.25, 0.3) is 11.4 Å². The van der Waals surface area contributed by atoms with Crippen LogP contribution in [0.5, 0.6) is 0 Å². The highest BCUT2D eigenvalue weighted by molar-refractivity contribution is 5.94. The average molecular weight is 324 g/mol. The lowest BCUT2D eigenvalue weighted by molar-refractivity contribution is -0.119. The second-order valence-corrected chi connectivity index (χ2v) is 5.86. The van der Waals surface area contributed by atoms with Gasteiger partial charge in [-0.15, -0.1) is 0 Å². The number of carbonyl (C=O) groups is 1. The molecule has 7 nitrogen and oxygen atoms in total. The number of aromatic nitrogens is 5. The number of nitrogens with zero attached hydrogens (tertiary/aromatic N) is 4. The van der Waals surface area contributed by atoms with Crippen molar-refractivity contribution in [1.82, 2.24) is 25.0 Å². The Morgan fingerprint density at radius 3 is 2.67 bits per heavy atom. The van der Waals surface area contributed by atoms with Crippen LogP contribution in [-0.4, -0.2) is 30.9 Å². The number of benzene rings is 1. The Hall–Kier alpha value is -2.96. The highest BCUT2D eigenvalue weighted by atomic mass is 16.2. The smallest absolute Gasteiger partial charge is 0.248 e. The van der Waals surface area contributed by atoms with E-state index in [1.165, 1.54) is 0 Å². The lowest BCUT2D eigenvalue weighted by atomic mass is 10.2. The van der Waals surface area contributed by atoms with Gasteiger partial charge in [0, 0.05) is 16.9 Å². The lowest BCUT2D eigenvalue weighted by Crippen LogP contribution is -2.25. The molecule has 2 aromatic heterocycles. The average Bonchev–Trinajstić information content (AvgIpc) is 3.12. The predicted octanol–water partition coefficient (Wildman–Crippen LogP) is 2.79. The van der Waals surface area contributed by atoms with Gasteiger partial charge in [0.2, 0.25) is 5.91 Å². The zero-order valence-electron chi connectivity index (χ0n) is 14.2. The number of rotatable bonds is 4. The highest BCUT2D eigenvalue weighted by Gasteiger charge is 2.18. The minimum Gasteiger partial charge on any atom is -0.324 e. The molecule has 7 heteroatoms. The SMILES string of the molecule is Cc1cc(C)n(C(C)C(=O)Nc2cccc(-c3n[nH]c(C)n3)c2)n1. The number of anilines is 1. The second kappa shape index (κ2) is 6.27. The first-order valence-corrected chi connectivity index (χ1v) is 7.77. The van der Waals surface area contributed by atoms with E-state index < -0.39 is 6.04 Å². The topological polar surface area (TPSA) is 88.5 Å². The van der Waals surface area contributed by atoms with E-state index in [0.717, 1.165) is 22.8 Å². The van der Waals surface area contributed by atoms with Crippen LogP contribution in [0.3, 0.4) is 0 Å². The predicted molar refractivity (Wildman–Crippen MR) is 91.6 cm³/mol. The van der Waals surface area contributed by atoms with Crippen molar-refractivity contribution in [3.8, 4) is 11.4 Å². The maximum absolute atomic E-state index is 12.5. The summed E-state index contributed by atoms with van der Waals surface area (Å²) in [4.78, 5) is 16.8. The summed E-state index contributed by atoms with van der Waals surface area (Å²) in [5, 5.41) is 14.3. The molecule has 1 amide bonds. The van der Waals surface area contributed by atoms with Gasteiger partial charge in [0.05, 0.1) is 5.69 Å². The third-order valence-electron chi connectivity index (χ3n) is 3.78. The van der Waals surface area contributed by atoms with Gasteiger partial charge in [0.15, 0.2) is 5.82 Å². The van der Waals surface area contributed by atoms with Crippen LogP contribution >= 0.6 is 0 Å². The zero-order valence-corrected chi connectivity index (χ0v) is 14.2. The quantitative estimate of drug-likeness (QED) is 0.772. The Morgan fingerprint density at radius 1 is 1.25 bits per heavy atom. The number of aryl methyl sites for hydroxylation is 3. The van der Waals surface area contributed by atoms with Gasteiger partial charge in [0.1, 0.15) is 11.9 Å². The Morgan fingerprint density at radius 2 is 2.04 bits per heavy atom. The van der Waals surface area contributed by atoms with Crippen molar-refractivity contribution >= 4 is 11.6 Å². The van der Waals surface area contributed by atoms with Gasteiger partial charge < -0.3 is 5.32 Å². The maximum Gasteiger partial charge on any atom is 0.248 e. The van der Waals surface area contributed by atoms with E-state index in [0.29, 0.717) is 11.5 Å². The first-order chi connectivity index (χ1) is 11.4. The summed E-state index contributed by atoms with van der Waals surface area (Å²) >= 11 is 0. The Labute approximate surface area is 140 Å². The van der Waals surface area contributed by atoms with Crippen LogP contribution in [0, 0.1) is 20.8 Å². The van der Waals surface area contributed by atoms with Crippen LogP contribution in [-0.2, 0) is 4.79 Å². The molecule has 0 fully saturated rings. The van der Waals surface area contributed by atoms with Crippen molar-refractivity contribution in [2.24, 2.45) is 0 Å². The fourth-order valence-corrected chi connectivity index (χ4v) is 2.60. The molecule has 0 spiro atoms. The third-order valence-corrected chi connectivity index (χ3v) is 3.78. The van der Waals surface area contributed by atoms with Gasteiger partial charge in [-0.25, -0.2) is 4.98 Å². The minimum atomic E-state index is -0.395. The van der Waals surface area contributed by atoms with E-state index in [-0.39, 0.29) is 5.91 Å². The summed E-state index contributed by atoms with van der Waals surface area (Å²) in [6, 6.07) is 9.03. The summed E-state index contributed by atoms with van der Waals surface area (Å²) in [5.41, 5.74) is 3.40. The van der Waals surface area contributed by atoms with Gasteiger partial charge in [-0.1, -0.05) is 12.1 Å². The Kier molecular flexibility index (Phi) is 4.16. The largest absolute Gasteiger partial charge is 0.324 e. The molecule has 3 aromatic rings. The molecule has 0 aliphatic rings. The molecule has 124 valence electrons. The molecule has 0 saturated heterocycles. The molecular formula is C17H20N6O. The normalized spacial score (nSPS) is 12.2. The molecule has 1 aromatic carbocycles. The number of amides is 1. The first-order valence-electron chi connectivity index (χ1n) is 7.77. The second-order valence-electron chi connectivity index (χ2n) is 5.86. The van der Waals surface area contributed by atoms with E-state index in [9.17, 15) is 4.79 Å². The van der Waals surface area contributed by atoms with Crippen molar-refractivity contribution in [2.45, 2.75) is 33.7 Å². The molecule has 1 atom stereocenters. The standard InChI is InChI=1S/C17H20N6O/c1-10-8-11(2)23(22-10)12(3)17(24)19-15-7-5-6-14(9-15)16-18-13(4)20-21-16/h5-9,12H,1-4H3,(H,19,24)(H,18,20,21). The molecule has 2 heterocycles. The summed E-state index contributed by atoms with van der Waals surface area (Å²) in [6.45, 7) is 7.53. The van der Waals surface area contributed by atoms with Gasteiger partial charge in [-0.3, -0.25) is 14.6 Å². The van der Waals surface area contributed by atoms with Crippen LogP contribution < -0.4 is 5.32 Å². The molecule has 0 radical (unpaired) electrons. The summed E-state index contributed by atoms with van der Waals surface area (Å²) in [7, 11) is 0. The fourth-order valence-electron chi connectivity index (χ4n) is 2.60. The van der Waals surface area contributed by atoms with Crippen LogP contribution in [0.2, 0.25) is 0 Å². The molecule has 0 aliphatic carbocycles. The van der Waals surface area contributed by atoms with E-state index >= 15 is 0 Å². The van der Waals surface area contributed by atoms with E-state index in [1.807, 2.05) is 58.0 Å². The van der Waals surface area contributed by atoms with Gasteiger partial charge in [-0.05, 0) is 45.9 Å². The first kappa shape index (κ1) is 15.9. The van der Waals surface area contributed by atoms with Crippen LogP contribution in [0.1, 0.15) is 30.2 Å². The molecule has 0 bridgehead atoms. The van der Waals surface area contributed by atoms with E-state index in [1.54, 1.807) is 4.68 Å². The number of H-pyrrole nitrogens is 1. The molecule has 3 rings (SSSR count). The van der Waals surface area contributed by atoms with Crippen molar-refractivity contribution in [1.29, 1.82) is 0 Å². The fraction of sp³-hybridized carbons (Fsp3) is 0.294. The van der Waals surface area contributed by atoms with Crippen molar-refractivity contribution in [3.05, 3.63) is 47.5 Å². The van der Waals surface area contributed by atoms with E-state index in [4.69, 9.17) is 0 Å². The van der Waals surface area contributed by atoms with Crippen molar-refractivity contribution in [2.75, 3.05) is 5.32 Å². The third kappa shape index (κ3) is 3.19. The van der Waals surface area contributed by atoms with E-state index in [2.05, 4.69) is 25.6 Å². The zero-order chi connectivity index (χ0) is 17.3. The monoisotopic (exact) mass is 324 g/mol. The van der Waals surface area contributed by atoms with Crippen molar-refractivity contribution in [3.63, 3.8) is 0 Å². The van der Waals surface area contributed by atoms with Gasteiger partial charge in [0.25, 0.3) is 0 Å². The summed E-state index contributed by atoms with van der Waals surface area (Å²) in [6.07, 6.45) is 0. The number of hydrogen-bond donors (Lipinski definition) is 2. The molecule has 2 N–H and O–H groups in total. The Bertz CT molecular complexity index is 879. The number of hydrogen-bond acceptors (Lipinski definition) is 4.